The number of fused-ring (bicyclic) bond motifs is 1. The topological polar surface area (TPSA) is 49.9 Å². The van der Waals surface area contributed by atoms with Crippen LogP contribution >= 0.6 is 0 Å². The second-order valence-electron chi connectivity index (χ2n) is 7.18. The van der Waals surface area contributed by atoms with Gasteiger partial charge in [-0.05, 0) is 11.6 Å². The van der Waals surface area contributed by atoms with Crippen LogP contribution in [0.25, 0.3) is 6.08 Å². The number of piperazine rings is 1. The van der Waals surface area contributed by atoms with Crippen molar-refractivity contribution in [2.24, 2.45) is 0 Å². The van der Waals surface area contributed by atoms with Gasteiger partial charge in [-0.3, -0.25) is 9.69 Å². The van der Waals surface area contributed by atoms with Crippen molar-refractivity contribution in [3.8, 4) is 0 Å². The van der Waals surface area contributed by atoms with Crippen LogP contribution in [0.15, 0.2) is 60.7 Å². The van der Waals surface area contributed by atoms with Gasteiger partial charge in [0.15, 0.2) is 0 Å². The Morgan fingerprint density at radius 3 is 2.50 bits per heavy atom. The Labute approximate surface area is 165 Å². The van der Waals surface area contributed by atoms with E-state index in [-0.39, 0.29) is 18.3 Å². The highest BCUT2D eigenvalue weighted by molar-refractivity contribution is 5.94. The van der Waals surface area contributed by atoms with Crippen molar-refractivity contribution in [3.63, 3.8) is 0 Å². The largest absolute Gasteiger partial charge is 0.453 e. The minimum Gasteiger partial charge on any atom is -0.453 e. The van der Waals surface area contributed by atoms with Crippen molar-refractivity contribution in [2.45, 2.75) is 12.5 Å². The normalized spacial score (nSPS) is 19.6. The van der Waals surface area contributed by atoms with Gasteiger partial charge in [-0.1, -0.05) is 60.7 Å². The molecule has 5 nitrogen and oxygen atoms in total. The lowest BCUT2D eigenvalue weighted by Gasteiger charge is -2.34. The highest BCUT2D eigenvalue weighted by Crippen LogP contribution is 2.33. The Kier molecular flexibility index (Phi) is 5.53. The van der Waals surface area contributed by atoms with Crippen LogP contribution < -0.4 is 0 Å². The van der Waals surface area contributed by atoms with Gasteiger partial charge in [0.1, 0.15) is 6.10 Å². The van der Waals surface area contributed by atoms with E-state index in [2.05, 4.69) is 29.2 Å². The minimum atomic E-state index is -0.456. The number of benzene rings is 2. The number of rotatable bonds is 5. The lowest BCUT2D eigenvalue weighted by Crippen LogP contribution is -2.48. The molecule has 0 spiro atoms. The summed E-state index contributed by atoms with van der Waals surface area (Å²) in [5.41, 5.74) is 2.60. The zero-order chi connectivity index (χ0) is 19.3. The number of cyclic esters (lactones) is 1. The predicted octanol–water partition coefficient (Wildman–Crippen LogP) is 3.15. The number of amides is 1. The molecule has 144 valence electrons. The SMILES string of the molecule is O=C1OC(CC(=O)N2CCN(CC=Cc3ccccc3)CC2)c2ccccc21. The molecule has 1 amide bonds. The predicted molar refractivity (Wildman–Crippen MR) is 108 cm³/mol. The Morgan fingerprint density at radius 2 is 1.71 bits per heavy atom. The summed E-state index contributed by atoms with van der Waals surface area (Å²) in [6, 6.07) is 17.6. The van der Waals surface area contributed by atoms with Crippen molar-refractivity contribution in [1.82, 2.24) is 9.80 Å². The van der Waals surface area contributed by atoms with Crippen molar-refractivity contribution in [2.75, 3.05) is 32.7 Å². The van der Waals surface area contributed by atoms with Gasteiger partial charge >= 0.3 is 5.97 Å². The van der Waals surface area contributed by atoms with Gasteiger partial charge in [0.25, 0.3) is 0 Å². The minimum absolute atomic E-state index is 0.0500. The van der Waals surface area contributed by atoms with Crippen molar-refractivity contribution in [3.05, 3.63) is 77.4 Å². The first-order valence-corrected chi connectivity index (χ1v) is 9.72. The smallest absolute Gasteiger partial charge is 0.339 e. The van der Waals surface area contributed by atoms with E-state index in [0.29, 0.717) is 18.7 Å². The molecular formula is C23H24N2O3. The second-order valence-corrected chi connectivity index (χ2v) is 7.18. The van der Waals surface area contributed by atoms with Gasteiger partial charge in [0.05, 0.1) is 12.0 Å². The molecule has 1 atom stereocenters. The Morgan fingerprint density at radius 1 is 1.00 bits per heavy atom. The molecule has 1 fully saturated rings. The average Bonchev–Trinajstić information content (AvgIpc) is 3.05. The molecular weight excluding hydrogens is 352 g/mol. The summed E-state index contributed by atoms with van der Waals surface area (Å²) in [7, 11) is 0. The first kappa shape index (κ1) is 18.4. The second kappa shape index (κ2) is 8.40. The summed E-state index contributed by atoms with van der Waals surface area (Å²) >= 11 is 0. The summed E-state index contributed by atoms with van der Waals surface area (Å²) in [5.74, 6) is -0.280. The third-order valence-corrected chi connectivity index (χ3v) is 5.34. The maximum Gasteiger partial charge on any atom is 0.339 e. The fraction of sp³-hybridized carbons (Fsp3) is 0.304. The van der Waals surface area contributed by atoms with E-state index < -0.39 is 6.10 Å². The van der Waals surface area contributed by atoms with Gasteiger partial charge in [-0.2, -0.15) is 0 Å². The molecule has 2 aromatic carbocycles. The molecule has 1 saturated heterocycles. The summed E-state index contributed by atoms with van der Waals surface area (Å²) < 4.78 is 5.40. The summed E-state index contributed by atoms with van der Waals surface area (Å²) in [6.45, 7) is 4.00. The zero-order valence-corrected chi connectivity index (χ0v) is 15.8. The van der Waals surface area contributed by atoms with E-state index >= 15 is 0 Å². The zero-order valence-electron chi connectivity index (χ0n) is 15.8. The number of carbonyl (C=O) groups is 2. The van der Waals surface area contributed by atoms with Crippen LogP contribution in [-0.4, -0.2) is 54.4 Å². The average molecular weight is 376 g/mol. The van der Waals surface area contributed by atoms with Crippen LogP contribution in [0.3, 0.4) is 0 Å². The molecule has 4 rings (SSSR count). The maximum atomic E-state index is 12.7. The van der Waals surface area contributed by atoms with Gasteiger partial charge in [-0.25, -0.2) is 4.79 Å². The van der Waals surface area contributed by atoms with Crippen LogP contribution in [0.2, 0.25) is 0 Å². The fourth-order valence-electron chi connectivity index (χ4n) is 3.74. The lowest BCUT2D eigenvalue weighted by atomic mass is 10.0. The molecule has 5 heteroatoms. The Bertz CT molecular complexity index is 870. The number of esters is 1. The summed E-state index contributed by atoms with van der Waals surface area (Å²) in [5, 5.41) is 0. The number of hydrogen-bond donors (Lipinski definition) is 0. The van der Waals surface area contributed by atoms with Crippen molar-refractivity contribution in [1.29, 1.82) is 0 Å². The monoisotopic (exact) mass is 376 g/mol. The lowest BCUT2D eigenvalue weighted by molar-refractivity contribution is -0.134. The standard InChI is InChI=1S/C23H24N2O3/c26-22(17-21-19-10-4-5-11-20(19)23(27)28-21)25-15-13-24(14-16-25)12-6-9-18-7-2-1-3-8-18/h1-11,21H,12-17H2. The fourth-order valence-corrected chi connectivity index (χ4v) is 3.74. The molecule has 2 aromatic rings. The first-order valence-electron chi connectivity index (χ1n) is 9.72. The molecule has 0 bridgehead atoms. The first-order chi connectivity index (χ1) is 13.7. The van der Waals surface area contributed by atoms with E-state index in [9.17, 15) is 9.59 Å². The number of ether oxygens (including phenoxy) is 1. The van der Waals surface area contributed by atoms with E-state index in [0.717, 1.165) is 25.2 Å². The summed E-state index contributed by atoms with van der Waals surface area (Å²) in [4.78, 5) is 28.8. The molecule has 0 aliphatic carbocycles. The molecule has 0 radical (unpaired) electrons. The van der Waals surface area contributed by atoms with Crippen LogP contribution in [-0.2, 0) is 9.53 Å². The Balaban J connectivity index is 1.26. The van der Waals surface area contributed by atoms with E-state index in [1.54, 1.807) is 6.07 Å². The van der Waals surface area contributed by atoms with Gasteiger partial charge in [0.2, 0.25) is 5.91 Å². The highest BCUT2D eigenvalue weighted by Gasteiger charge is 2.33. The number of nitrogens with zero attached hydrogens (tertiary/aromatic N) is 2. The van der Waals surface area contributed by atoms with Gasteiger partial charge in [-0.15, -0.1) is 0 Å². The van der Waals surface area contributed by atoms with Crippen LogP contribution in [0, 0.1) is 0 Å². The molecule has 28 heavy (non-hydrogen) atoms. The molecule has 2 aliphatic rings. The molecule has 0 saturated carbocycles. The van der Waals surface area contributed by atoms with Crippen LogP contribution in [0.4, 0.5) is 0 Å². The quantitative estimate of drug-likeness (QED) is 0.753. The van der Waals surface area contributed by atoms with E-state index in [1.807, 2.05) is 41.3 Å². The van der Waals surface area contributed by atoms with Crippen LogP contribution in [0.5, 0.6) is 0 Å². The Hall–Kier alpha value is -2.92. The number of hydrogen-bond acceptors (Lipinski definition) is 4. The van der Waals surface area contributed by atoms with Gasteiger partial charge < -0.3 is 9.64 Å². The number of carbonyl (C=O) groups excluding carboxylic acids is 2. The van der Waals surface area contributed by atoms with Crippen LogP contribution in [0.1, 0.15) is 34.0 Å². The van der Waals surface area contributed by atoms with Gasteiger partial charge in [0, 0.05) is 38.3 Å². The third kappa shape index (κ3) is 4.15. The maximum absolute atomic E-state index is 12.7. The summed E-state index contributed by atoms with van der Waals surface area (Å²) in [6.07, 6.45) is 4.06. The third-order valence-electron chi connectivity index (χ3n) is 5.34. The van der Waals surface area contributed by atoms with E-state index in [1.165, 1.54) is 5.56 Å². The van der Waals surface area contributed by atoms with Crippen molar-refractivity contribution < 1.29 is 14.3 Å². The molecule has 0 N–H and O–H groups in total. The van der Waals surface area contributed by atoms with E-state index in [4.69, 9.17) is 4.74 Å². The molecule has 2 heterocycles. The molecule has 2 aliphatic heterocycles. The highest BCUT2D eigenvalue weighted by atomic mass is 16.5. The van der Waals surface area contributed by atoms with Crippen molar-refractivity contribution >= 4 is 18.0 Å². The molecule has 0 aromatic heterocycles. The molecule has 1 unspecified atom stereocenters.